The number of anilines is 1. The van der Waals surface area contributed by atoms with Gasteiger partial charge in [-0.2, -0.15) is 0 Å². The Labute approximate surface area is 157 Å². The number of sulfonamides is 1. The van der Waals surface area contributed by atoms with Crippen LogP contribution < -0.4 is 10.0 Å². The van der Waals surface area contributed by atoms with Crippen LogP contribution in [0.5, 0.6) is 0 Å². The number of benzene rings is 3. The van der Waals surface area contributed by atoms with E-state index >= 15 is 0 Å². The van der Waals surface area contributed by atoms with Crippen LogP contribution in [-0.2, 0) is 16.6 Å². The van der Waals surface area contributed by atoms with E-state index < -0.39 is 10.0 Å². The predicted octanol–water partition coefficient (Wildman–Crippen LogP) is 3.79. The van der Waals surface area contributed by atoms with Crippen LogP contribution in [0.4, 0.5) is 5.69 Å². The van der Waals surface area contributed by atoms with Crippen molar-refractivity contribution in [2.75, 3.05) is 11.0 Å². The molecule has 0 saturated heterocycles. The van der Waals surface area contributed by atoms with Crippen LogP contribution in [0.1, 0.15) is 15.9 Å². The topological polar surface area (TPSA) is 75.3 Å². The zero-order valence-corrected chi connectivity index (χ0v) is 15.6. The SMILES string of the molecule is CS(=O)(=O)Nc1cc(C(=O)NCc2cccc3ccccc23)ccc1Cl. The van der Waals surface area contributed by atoms with E-state index in [1.165, 1.54) is 12.1 Å². The maximum atomic E-state index is 12.5. The summed E-state index contributed by atoms with van der Waals surface area (Å²) in [5.41, 5.74) is 1.49. The molecule has 5 nitrogen and oxygen atoms in total. The Bertz CT molecular complexity index is 1080. The Balaban J connectivity index is 1.79. The second-order valence-electron chi connectivity index (χ2n) is 5.89. The number of amides is 1. The Morgan fingerprint density at radius 1 is 1.04 bits per heavy atom. The normalized spacial score (nSPS) is 11.3. The summed E-state index contributed by atoms with van der Waals surface area (Å²) in [6, 6.07) is 18.3. The number of fused-ring (bicyclic) bond motifs is 1. The first-order valence-electron chi connectivity index (χ1n) is 7.86. The fraction of sp³-hybridized carbons (Fsp3) is 0.105. The fourth-order valence-electron chi connectivity index (χ4n) is 2.67. The first-order valence-corrected chi connectivity index (χ1v) is 10.1. The number of halogens is 1. The Kier molecular flexibility index (Phi) is 5.15. The minimum absolute atomic E-state index is 0.173. The van der Waals surface area contributed by atoms with Crippen LogP contribution in [-0.4, -0.2) is 20.6 Å². The molecule has 0 radical (unpaired) electrons. The second kappa shape index (κ2) is 7.35. The third kappa shape index (κ3) is 4.33. The third-order valence-corrected chi connectivity index (χ3v) is 4.76. The van der Waals surface area contributed by atoms with Crippen molar-refractivity contribution in [3.8, 4) is 0 Å². The zero-order chi connectivity index (χ0) is 18.7. The zero-order valence-electron chi connectivity index (χ0n) is 14.0. The van der Waals surface area contributed by atoms with E-state index in [9.17, 15) is 13.2 Å². The van der Waals surface area contributed by atoms with Gasteiger partial charge < -0.3 is 5.32 Å². The molecule has 0 atom stereocenters. The molecule has 0 aliphatic carbocycles. The van der Waals surface area contributed by atoms with Gasteiger partial charge in [0.25, 0.3) is 5.91 Å². The predicted molar refractivity (Wildman–Crippen MR) is 105 cm³/mol. The highest BCUT2D eigenvalue weighted by molar-refractivity contribution is 7.92. The lowest BCUT2D eigenvalue weighted by molar-refractivity contribution is 0.0951. The summed E-state index contributed by atoms with van der Waals surface area (Å²) in [6.45, 7) is 0.359. The largest absolute Gasteiger partial charge is 0.348 e. The highest BCUT2D eigenvalue weighted by Crippen LogP contribution is 2.24. The van der Waals surface area contributed by atoms with E-state index in [4.69, 9.17) is 11.6 Å². The van der Waals surface area contributed by atoms with Gasteiger partial charge in [-0.1, -0.05) is 54.1 Å². The van der Waals surface area contributed by atoms with Crippen molar-refractivity contribution < 1.29 is 13.2 Å². The van der Waals surface area contributed by atoms with Crippen molar-refractivity contribution in [2.24, 2.45) is 0 Å². The summed E-state index contributed by atoms with van der Waals surface area (Å²) in [4.78, 5) is 12.5. The molecule has 0 aromatic heterocycles. The molecular formula is C19H17ClN2O3S. The van der Waals surface area contributed by atoms with Crippen LogP contribution in [0.3, 0.4) is 0 Å². The quantitative estimate of drug-likeness (QED) is 0.698. The minimum Gasteiger partial charge on any atom is -0.348 e. The van der Waals surface area contributed by atoms with Crippen molar-refractivity contribution in [1.82, 2.24) is 5.32 Å². The number of nitrogens with one attached hydrogen (secondary N) is 2. The molecule has 0 heterocycles. The lowest BCUT2D eigenvalue weighted by atomic mass is 10.0. The molecule has 3 aromatic rings. The molecule has 7 heteroatoms. The lowest BCUT2D eigenvalue weighted by Crippen LogP contribution is -2.23. The van der Waals surface area contributed by atoms with Gasteiger partial charge in [0.1, 0.15) is 0 Å². The van der Waals surface area contributed by atoms with Crippen molar-refractivity contribution in [3.63, 3.8) is 0 Å². The van der Waals surface area contributed by atoms with Crippen LogP contribution in [0.15, 0.2) is 60.7 Å². The smallest absolute Gasteiger partial charge is 0.251 e. The van der Waals surface area contributed by atoms with E-state index in [1.54, 1.807) is 6.07 Å². The minimum atomic E-state index is -3.49. The Morgan fingerprint density at radius 3 is 2.54 bits per heavy atom. The van der Waals surface area contributed by atoms with Gasteiger partial charge in [0.2, 0.25) is 10.0 Å². The highest BCUT2D eigenvalue weighted by Gasteiger charge is 2.12. The summed E-state index contributed by atoms with van der Waals surface area (Å²) in [7, 11) is -3.49. The van der Waals surface area contributed by atoms with Crippen LogP contribution in [0.25, 0.3) is 10.8 Å². The number of carbonyl (C=O) groups excluding carboxylic acids is 1. The Hall–Kier alpha value is -2.57. The number of rotatable bonds is 5. The molecule has 3 aromatic carbocycles. The molecule has 0 spiro atoms. The molecular weight excluding hydrogens is 372 g/mol. The van der Waals surface area contributed by atoms with Gasteiger partial charge in [-0.05, 0) is 34.5 Å². The molecule has 2 N–H and O–H groups in total. The summed E-state index contributed by atoms with van der Waals surface area (Å²) < 4.78 is 25.1. The first-order chi connectivity index (χ1) is 12.3. The first kappa shape index (κ1) is 18.2. The monoisotopic (exact) mass is 388 g/mol. The van der Waals surface area contributed by atoms with E-state index in [1.807, 2.05) is 42.5 Å². The van der Waals surface area contributed by atoms with E-state index in [2.05, 4.69) is 10.0 Å². The fourth-order valence-corrected chi connectivity index (χ4v) is 3.46. The molecule has 26 heavy (non-hydrogen) atoms. The maximum absolute atomic E-state index is 12.5. The van der Waals surface area contributed by atoms with Crippen molar-refractivity contribution in [2.45, 2.75) is 6.54 Å². The number of hydrogen-bond acceptors (Lipinski definition) is 3. The summed E-state index contributed by atoms with van der Waals surface area (Å²) in [5, 5.41) is 5.26. The third-order valence-electron chi connectivity index (χ3n) is 3.84. The molecule has 0 bridgehead atoms. The van der Waals surface area contributed by atoms with Gasteiger partial charge >= 0.3 is 0 Å². The summed E-state index contributed by atoms with van der Waals surface area (Å²) in [6.07, 6.45) is 1.02. The molecule has 0 unspecified atom stereocenters. The molecule has 0 aliphatic rings. The maximum Gasteiger partial charge on any atom is 0.251 e. The van der Waals surface area contributed by atoms with Gasteiger partial charge in [0.05, 0.1) is 17.0 Å². The van der Waals surface area contributed by atoms with Gasteiger partial charge in [0, 0.05) is 12.1 Å². The molecule has 3 rings (SSSR count). The molecule has 134 valence electrons. The standard InChI is InChI=1S/C19H17ClN2O3S/c1-26(24,25)22-18-11-14(9-10-17(18)20)19(23)21-12-15-7-4-6-13-5-2-3-8-16(13)15/h2-11,22H,12H2,1H3,(H,21,23). The van der Waals surface area contributed by atoms with E-state index in [-0.39, 0.29) is 16.6 Å². The average Bonchev–Trinajstić information content (AvgIpc) is 2.60. The molecule has 0 aliphatic heterocycles. The van der Waals surface area contributed by atoms with Gasteiger partial charge in [-0.15, -0.1) is 0 Å². The van der Waals surface area contributed by atoms with Crippen LogP contribution in [0, 0.1) is 0 Å². The van der Waals surface area contributed by atoms with E-state index in [0.29, 0.717) is 12.1 Å². The second-order valence-corrected chi connectivity index (χ2v) is 8.05. The molecule has 0 fully saturated rings. The van der Waals surface area contributed by atoms with Crippen molar-refractivity contribution in [3.05, 3.63) is 76.8 Å². The average molecular weight is 389 g/mol. The van der Waals surface area contributed by atoms with E-state index in [0.717, 1.165) is 22.6 Å². The lowest BCUT2D eigenvalue weighted by Gasteiger charge is -2.11. The van der Waals surface area contributed by atoms with Crippen LogP contribution >= 0.6 is 11.6 Å². The molecule has 0 saturated carbocycles. The number of carbonyl (C=O) groups is 1. The molecule has 1 amide bonds. The summed E-state index contributed by atoms with van der Waals surface area (Å²) >= 11 is 5.99. The highest BCUT2D eigenvalue weighted by atomic mass is 35.5. The van der Waals surface area contributed by atoms with Crippen LogP contribution in [0.2, 0.25) is 5.02 Å². The van der Waals surface area contributed by atoms with Gasteiger partial charge in [-0.3, -0.25) is 9.52 Å². The van der Waals surface area contributed by atoms with Gasteiger partial charge in [0.15, 0.2) is 0 Å². The Morgan fingerprint density at radius 2 is 1.77 bits per heavy atom. The van der Waals surface area contributed by atoms with Gasteiger partial charge in [-0.25, -0.2) is 8.42 Å². The summed E-state index contributed by atoms with van der Waals surface area (Å²) in [5.74, 6) is -0.314. The van der Waals surface area contributed by atoms with Crippen molar-refractivity contribution >= 4 is 44.0 Å². The number of hydrogen-bond donors (Lipinski definition) is 2. The van der Waals surface area contributed by atoms with Crippen molar-refractivity contribution in [1.29, 1.82) is 0 Å².